The molecule has 5 aromatic rings. The minimum Gasteiger partial charge on any atom is -0.309 e. The quantitative estimate of drug-likeness (QED) is 0.355. The Kier molecular flexibility index (Phi) is 5.66. The number of carbonyl (C=O) groups excluding carboxylic acids is 1. The van der Waals surface area contributed by atoms with Crippen LogP contribution in [0, 0.1) is 17.1 Å². The lowest BCUT2D eigenvalue weighted by atomic mass is 10.1. The van der Waals surface area contributed by atoms with Crippen molar-refractivity contribution in [2.75, 3.05) is 5.32 Å². The van der Waals surface area contributed by atoms with Crippen molar-refractivity contribution in [1.82, 2.24) is 14.5 Å². The standard InChI is InChI=1S/C26H17ClFN5O/c27-20-9-2-1-8-18(20)26(34)32-24-19(15-29)23-25(31-22-11-4-3-10-21(22)30-23)33(24)13-12-16-6-5-7-17(28)14-16/h1-11,14H,12-13H2,(H,32,34). The lowest BCUT2D eigenvalue weighted by Gasteiger charge is -2.12. The number of para-hydroxylation sites is 2. The lowest BCUT2D eigenvalue weighted by molar-refractivity contribution is 0.102. The second-order valence-corrected chi connectivity index (χ2v) is 8.09. The first-order valence-corrected chi connectivity index (χ1v) is 10.9. The number of fused-ring (bicyclic) bond motifs is 2. The third-order valence-corrected chi connectivity index (χ3v) is 5.86. The van der Waals surface area contributed by atoms with Gasteiger partial charge in [0.1, 0.15) is 28.8 Å². The monoisotopic (exact) mass is 469 g/mol. The molecule has 0 saturated carbocycles. The zero-order valence-corrected chi connectivity index (χ0v) is 18.6. The van der Waals surface area contributed by atoms with Crippen LogP contribution in [0.4, 0.5) is 10.2 Å². The normalized spacial score (nSPS) is 11.0. The van der Waals surface area contributed by atoms with E-state index in [9.17, 15) is 14.4 Å². The van der Waals surface area contributed by atoms with Gasteiger partial charge in [-0.25, -0.2) is 14.4 Å². The van der Waals surface area contributed by atoms with Gasteiger partial charge in [-0.1, -0.05) is 48.0 Å². The summed E-state index contributed by atoms with van der Waals surface area (Å²) in [4.78, 5) is 22.5. The smallest absolute Gasteiger partial charge is 0.258 e. The minimum absolute atomic E-state index is 0.202. The predicted octanol–water partition coefficient (Wildman–Crippen LogP) is 5.74. The second kappa shape index (κ2) is 8.93. The highest BCUT2D eigenvalue weighted by molar-refractivity contribution is 6.34. The largest absolute Gasteiger partial charge is 0.309 e. The van der Waals surface area contributed by atoms with E-state index in [0.29, 0.717) is 40.2 Å². The molecular weight excluding hydrogens is 453 g/mol. The summed E-state index contributed by atoms with van der Waals surface area (Å²) >= 11 is 6.21. The fourth-order valence-electron chi connectivity index (χ4n) is 3.91. The van der Waals surface area contributed by atoms with Gasteiger partial charge in [-0.2, -0.15) is 5.26 Å². The molecule has 166 valence electrons. The highest BCUT2D eigenvalue weighted by Crippen LogP contribution is 2.30. The van der Waals surface area contributed by atoms with Crippen LogP contribution in [0.15, 0.2) is 72.8 Å². The molecular formula is C26H17ClFN5O. The summed E-state index contributed by atoms with van der Waals surface area (Å²) in [7, 11) is 0. The number of nitriles is 1. The van der Waals surface area contributed by atoms with Crippen molar-refractivity contribution >= 4 is 45.5 Å². The maximum absolute atomic E-state index is 13.7. The maximum atomic E-state index is 13.7. The summed E-state index contributed by atoms with van der Waals surface area (Å²) in [6.07, 6.45) is 0.454. The number of nitrogens with zero attached hydrogens (tertiary/aromatic N) is 4. The Labute approximate surface area is 199 Å². The molecule has 6 nitrogen and oxygen atoms in total. The van der Waals surface area contributed by atoms with E-state index in [1.54, 1.807) is 34.9 Å². The van der Waals surface area contributed by atoms with Gasteiger partial charge in [0.15, 0.2) is 5.65 Å². The number of halogens is 2. The third-order valence-electron chi connectivity index (χ3n) is 5.53. The van der Waals surface area contributed by atoms with E-state index in [2.05, 4.69) is 16.4 Å². The molecule has 1 N–H and O–H groups in total. The van der Waals surface area contributed by atoms with Crippen molar-refractivity contribution in [1.29, 1.82) is 5.26 Å². The van der Waals surface area contributed by atoms with Crippen LogP contribution >= 0.6 is 11.6 Å². The topological polar surface area (TPSA) is 83.6 Å². The summed E-state index contributed by atoms with van der Waals surface area (Å²) in [6, 6.07) is 22.5. The molecule has 1 amide bonds. The first-order valence-electron chi connectivity index (χ1n) is 10.5. The van der Waals surface area contributed by atoms with E-state index >= 15 is 0 Å². The van der Waals surface area contributed by atoms with Gasteiger partial charge in [0.25, 0.3) is 5.91 Å². The molecule has 8 heteroatoms. The molecule has 0 spiro atoms. The molecule has 0 aliphatic carbocycles. The van der Waals surface area contributed by atoms with Gasteiger partial charge in [0.2, 0.25) is 0 Å². The van der Waals surface area contributed by atoms with Crippen LogP contribution in [0.2, 0.25) is 5.02 Å². The molecule has 0 aliphatic rings. The molecule has 0 fully saturated rings. The van der Waals surface area contributed by atoms with Gasteiger partial charge in [-0.05, 0) is 48.4 Å². The molecule has 5 rings (SSSR count). The van der Waals surface area contributed by atoms with E-state index in [1.165, 1.54) is 12.1 Å². The lowest BCUT2D eigenvalue weighted by Crippen LogP contribution is -2.17. The Morgan fingerprint density at radius 3 is 2.50 bits per heavy atom. The van der Waals surface area contributed by atoms with E-state index in [-0.39, 0.29) is 22.8 Å². The number of nitrogens with one attached hydrogen (secondary N) is 1. The molecule has 0 bridgehead atoms. The number of carbonyl (C=O) groups is 1. The first-order chi connectivity index (χ1) is 16.5. The van der Waals surface area contributed by atoms with Gasteiger partial charge in [-0.15, -0.1) is 0 Å². The molecule has 0 aliphatic heterocycles. The number of rotatable bonds is 5. The zero-order chi connectivity index (χ0) is 23.7. The molecule has 3 aromatic carbocycles. The predicted molar refractivity (Wildman–Crippen MR) is 129 cm³/mol. The number of benzene rings is 3. The first kappa shape index (κ1) is 21.6. The zero-order valence-electron chi connectivity index (χ0n) is 17.8. The Morgan fingerprint density at radius 1 is 1.03 bits per heavy atom. The minimum atomic E-state index is -0.457. The summed E-state index contributed by atoms with van der Waals surface area (Å²) in [5.41, 5.74) is 3.40. The highest BCUT2D eigenvalue weighted by Gasteiger charge is 2.23. The van der Waals surface area contributed by atoms with Crippen LogP contribution in [-0.4, -0.2) is 20.4 Å². The SMILES string of the molecule is N#Cc1c(NC(=O)c2ccccc2Cl)n(CCc2cccc(F)c2)c2nc3ccccc3nc12. The summed E-state index contributed by atoms with van der Waals surface area (Å²) < 4.78 is 15.5. The van der Waals surface area contributed by atoms with Crippen molar-refractivity contribution in [2.45, 2.75) is 13.0 Å². The third kappa shape index (κ3) is 3.96. The Hall–Kier alpha value is -4.28. The average Bonchev–Trinajstić information content (AvgIpc) is 3.12. The van der Waals surface area contributed by atoms with Crippen LogP contribution in [0.3, 0.4) is 0 Å². The van der Waals surface area contributed by atoms with Crippen molar-refractivity contribution in [2.24, 2.45) is 0 Å². The second-order valence-electron chi connectivity index (χ2n) is 7.69. The fourth-order valence-corrected chi connectivity index (χ4v) is 4.13. The Balaban J connectivity index is 1.65. The number of anilines is 1. The van der Waals surface area contributed by atoms with Crippen LogP contribution in [0.25, 0.3) is 22.2 Å². The summed E-state index contributed by atoms with van der Waals surface area (Å²) in [6.45, 7) is 0.340. The molecule has 0 saturated heterocycles. The van der Waals surface area contributed by atoms with Gasteiger partial charge >= 0.3 is 0 Å². The van der Waals surface area contributed by atoms with Gasteiger partial charge in [-0.3, -0.25) is 4.79 Å². The van der Waals surface area contributed by atoms with Crippen molar-refractivity contribution in [3.8, 4) is 6.07 Å². The number of amides is 1. The maximum Gasteiger partial charge on any atom is 0.258 e. The summed E-state index contributed by atoms with van der Waals surface area (Å²) in [5.74, 6) is -0.513. The van der Waals surface area contributed by atoms with Crippen LogP contribution in [-0.2, 0) is 13.0 Å². The molecule has 34 heavy (non-hydrogen) atoms. The van der Waals surface area contributed by atoms with Crippen molar-refractivity contribution < 1.29 is 9.18 Å². The number of hydrogen-bond acceptors (Lipinski definition) is 4. The molecule has 0 atom stereocenters. The van der Waals surface area contributed by atoms with E-state index in [4.69, 9.17) is 16.6 Å². The summed E-state index contributed by atoms with van der Waals surface area (Å²) in [5, 5.41) is 13.1. The van der Waals surface area contributed by atoms with Gasteiger partial charge in [0.05, 0.1) is 21.6 Å². The van der Waals surface area contributed by atoms with E-state index < -0.39 is 5.91 Å². The van der Waals surface area contributed by atoms with Crippen LogP contribution in [0.1, 0.15) is 21.5 Å². The van der Waals surface area contributed by atoms with E-state index in [0.717, 1.165) is 5.56 Å². The average molecular weight is 470 g/mol. The molecule has 2 heterocycles. The number of aromatic nitrogens is 3. The molecule has 0 unspecified atom stereocenters. The van der Waals surface area contributed by atoms with Crippen molar-refractivity contribution in [3.05, 3.63) is 100 Å². The van der Waals surface area contributed by atoms with Gasteiger partial charge < -0.3 is 9.88 Å². The van der Waals surface area contributed by atoms with Crippen molar-refractivity contribution in [3.63, 3.8) is 0 Å². The highest BCUT2D eigenvalue weighted by atomic mass is 35.5. The number of aryl methyl sites for hydroxylation is 2. The fraction of sp³-hybridized carbons (Fsp3) is 0.0769. The number of hydrogen-bond donors (Lipinski definition) is 1. The van der Waals surface area contributed by atoms with Crippen LogP contribution < -0.4 is 5.32 Å². The molecule has 0 radical (unpaired) electrons. The van der Waals surface area contributed by atoms with Gasteiger partial charge in [0, 0.05) is 6.54 Å². The van der Waals surface area contributed by atoms with Crippen LogP contribution in [0.5, 0.6) is 0 Å². The Bertz CT molecular complexity index is 1600. The van der Waals surface area contributed by atoms with E-state index in [1.807, 2.05) is 30.3 Å². The molecule has 2 aromatic heterocycles. The Morgan fingerprint density at radius 2 is 1.76 bits per heavy atom.